The van der Waals surface area contributed by atoms with Gasteiger partial charge in [-0.3, -0.25) is 9.36 Å². The number of rotatable bonds is 8. The zero-order valence-electron chi connectivity index (χ0n) is 27.3. The Bertz CT molecular complexity index is 2360. The molecule has 9 nitrogen and oxygen atoms in total. The van der Waals surface area contributed by atoms with Crippen molar-refractivity contribution in [2.24, 2.45) is 0 Å². The molecule has 49 heavy (non-hydrogen) atoms. The fraction of sp³-hybridized carbons (Fsp3) is 0.216. The van der Waals surface area contributed by atoms with Crippen LogP contribution < -0.4 is 21.1 Å². The second-order valence-corrected chi connectivity index (χ2v) is 15.3. The standard InChI is InChI=1S/C37H35FN6O3S2/c1-23-8-4-5-9-26(23)22-44-35-27(18-30(36(44)45)29-10-6-11-33(25(29)3)49(46,47)34-12-7-17-48-34)21-40-37(42-35)41-28-13-14-32(31(38)19-28)43-16-15-39-20-24(43)2/h4-14,17-19,21,24,39H,15-16,20,22H2,1-3H3,(H,40,41,42). The first-order valence-corrected chi connectivity index (χ1v) is 18.4. The Balaban J connectivity index is 1.32. The number of halogens is 1. The molecule has 1 saturated heterocycles. The minimum Gasteiger partial charge on any atom is -0.364 e. The zero-order valence-corrected chi connectivity index (χ0v) is 28.9. The fourth-order valence-corrected chi connectivity index (χ4v) is 9.02. The molecule has 2 N–H and O–H groups in total. The Hall–Kier alpha value is -4.91. The minimum absolute atomic E-state index is 0.151. The summed E-state index contributed by atoms with van der Waals surface area (Å²) in [4.78, 5) is 25.9. The Labute approximate surface area is 288 Å². The summed E-state index contributed by atoms with van der Waals surface area (Å²) in [6.45, 7) is 8.29. The van der Waals surface area contributed by atoms with Crippen LogP contribution in [0.2, 0.25) is 0 Å². The number of aryl methyl sites for hydroxylation is 1. The van der Waals surface area contributed by atoms with Crippen LogP contribution in [-0.4, -0.2) is 48.6 Å². The number of fused-ring (bicyclic) bond motifs is 1. The summed E-state index contributed by atoms with van der Waals surface area (Å²) in [5.74, 6) is -0.138. The lowest BCUT2D eigenvalue weighted by Gasteiger charge is -2.36. The Morgan fingerprint density at radius 2 is 1.86 bits per heavy atom. The number of thiophene rings is 1. The number of benzene rings is 3. The molecule has 0 radical (unpaired) electrons. The highest BCUT2D eigenvalue weighted by atomic mass is 32.2. The summed E-state index contributed by atoms with van der Waals surface area (Å²) < 4.78 is 44.3. The Morgan fingerprint density at radius 1 is 1.02 bits per heavy atom. The van der Waals surface area contributed by atoms with Crippen molar-refractivity contribution in [2.75, 3.05) is 29.9 Å². The molecule has 0 amide bonds. The maximum Gasteiger partial charge on any atom is 0.260 e. The van der Waals surface area contributed by atoms with E-state index in [1.807, 2.05) is 31.2 Å². The van der Waals surface area contributed by atoms with Gasteiger partial charge in [-0.2, -0.15) is 4.98 Å². The molecule has 1 fully saturated rings. The minimum atomic E-state index is -3.78. The maximum atomic E-state index is 15.4. The van der Waals surface area contributed by atoms with Gasteiger partial charge >= 0.3 is 0 Å². The number of nitrogens with one attached hydrogen (secondary N) is 2. The fourth-order valence-electron chi connectivity index (χ4n) is 6.38. The zero-order chi connectivity index (χ0) is 34.3. The highest BCUT2D eigenvalue weighted by Gasteiger charge is 2.25. The topological polar surface area (TPSA) is 109 Å². The van der Waals surface area contributed by atoms with Crippen LogP contribution in [-0.2, 0) is 16.4 Å². The van der Waals surface area contributed by atoms with Crippen LogP contribution in [0.5, 0.6) is 0 Å². The van der Waals surface area contributed by atoms with Gasteiger partial charge < -0.3 is 15.5 Å². The second kappa shape index (κ2) is 13.2. The maximum absolute atomic E-state index is 15.4. The van der Waals surface area contributed by atoms with Crippen LogP contribution in [0.4, 0.5) is 21.7 Å². The molecule has 3 aromatic heterocycles. The molecule has 0 bridgehead atoms. The number of sulfone groups is 1. The van der Waals surface area contributed by atoms with E-state index >= 15 is 4.39 Å². The first kappa shape index (κ1) is 32.6. The summed E-state index contributed by atoms with van der Waals surface area (Å²) >= 11 is 1.15. The molecule has 1 atom stereocenters. The van der Waals surface area contributed by atoms with Crippen molar-refractivity contribution in [1.29, 1.82) is 0 Å². The number of pyridine rings is 1. The van der Waals surface area contributed by atoms with Gasteiger partial charge in [0, 0.05) is 48.5 Å². The van der Waals surface area contributed by atoms with E-state index in [9.17, 15) is 13.2 Å². The van der Waals surface area contributed by atoms with Crippen molar-refractivity contribution >= 4 is 49.5 Å². The summed E-state index contributed by atoms with van der Waals surface area (Å²) in [5, 5.41) is 8.76. The van der Waals surface area contributed by atoms with Gasteiger partial charge in [0.05, 0.1) is 17.1 Å². The van der Waals surface area contributed by atoms with Crippen LogP contribution in [0, 0.1) is 19.7 Å². The predicted octanol–water partition coefficient (Wildman–Crippen LogP) is 6.70. The van der Waals surface area contributed by atoms with Crippen LogP contribution in [0.1, 0.15) is 23.6 Å². The summed E-state index contributed by atoms with van der Waals surface area (Å²) in [5.41, 5.74) is 4.36. The molecule has 1 aliphatic heterocycles. The molecule has 250 valence electrons. The summed E-state index contributed by atoms with van der Waals surface area (Å²) in [7, 11) is -3.78. The monoisotopic (exact) mass is 694 g/mol. The number of hydrogen-bond donors (Lipinski definition) is 2. The number of nitrogens with zero attached hydrogens (tertiary/aromatic N) is 4. The number of aromatic nitrogens is 3. The van der Waals surface area contributed by atoms with Crippen molar-refractivity contribution in [2.45, 2.75) is 42.5 Å². The molecule has 1 unspecified atom stereocenters. The van der Waals surface area contributed by atoms with Crippen LogP contribution in [0.3, 0.4) is 0 Å². The number of hydrogen-bond acceptors (Lipinski definition) is 9. The van der Waals surface area contributed by atoms with E-state index in [0.717, 1.165) is 35.6 Å². The predicted molar refractivity (Wildman–Crippen MR) is 193 cm³/mol. The lowest BCUT2D eigenvalue weighted by atomic mass is 10.0. The molecule has 0 aliphatic carbocycles. The Morgan fingerprint density at radius 3 is 2.61 bits per heavy atom. The largest absolute Gasteiger partial charge is 0.364 e. The van der Waals surface area contributed by atoms with E-state index in [1.165, 1.54) is 6.07 Å². The number of piperazine rings is 1. The van der Waals surface area contributed by atoms with Gasteiger partial charge in [-0.15, -0.1) is 11.3 Å². The van der Waals surface area contributed by atoms with Gasteiger partial charge in [-0.1, -0.05) is 42.5 Å². The first-order valence-electron chi connectivity index (χ1n) is 16.0. The second-order valence-electron chi connectivity index (χ2n) is 12.3. The van der Waals surface area contributed by atoms with Crippen molar-refractivity contribution < 1.29 is 12.8 Å². The highest BCUT2D eigenvalue weighted by Crippen LogP contribution is 2.33. The molecular formula is C37H35FN6O3S2. The first-order chi connectivity index (χ1) is 23.6. The van der Waals surface area contributed by atoms with Gasteiger partial charge in [0.1, 0.15) is 15.7 Å². The van der Waals surface area contributed by atoms with Crippen molar-refractivity contribution in [1.82, 2.24) is 19.9 Å². The van der Waals surface area contributed by atoms with E-state index in [0.29, 0.717) is 45.6 Å². The van der Waals surface area contributed by atoms with Crippen molar-refractivity contribution in [3.63, 3.8) is 0 Å². The van der Waals surface area contributed by atoms with Crippen LogP contribution >= 0.6 is 11.3 Å². The third kappa shape index (κ3) is 6.23. The van der Waals surface area contributed by atoms with Gasteiger partial charge in [0.25, 0.3) is 5.56 Å². The van der Waals surface area contributed by atoms with Gasteiger partial charge in [0.15, 0.2) is 0 Å². The van der Waals surface area contributed by atoms with E-state index in [-0.39, 0.29) is 39.0 Å². The molecular weight excluding hydrogens is 660 g/mol. The Kier molecular flexibility index (Phi) is 8.78. The molecule has 12 heteroatoms. The van der Waals surface area contributed by atoms with E-state index in [1.54, 1.807) is 71.6 Å². The molecule has 0 spiro atoms. The average Bonchev–Trinajstić information content (AvgIpc) is 3.64. The van der Waals surface area contributed by atoms with E-state index < -0.39 is 9.84 Å². The molecule has 3 aromatic carbocycles. The summed E-state index contributed by atoms with van der Waals surface area (Å²) in [6, 6.07) is 22.9. The van der Waals surface area contributed by atoms with Crippen LogP contribution in [0.25, 0.3) is 22.2 Å². The lowest BCUT2D eigenvalue weighted by Crippen LogP contribution is -2.50. The third-order valence-corrected chi connectivity index (χ3v) is 12.4. The van der Waals surface area contributed by atoms with Crippen LogP contribution in [0.15, 0.2) is 104 Å². The normalized spacial score (nSPS) is 15.1. The van der Waals surface area contributed by atoms with Gasteiger partial charge in [-0.25, -0.2) is 17.8 Å². The summed E-state index contributed by atoms with van der Waals surface area (Å²) in [6.07, 6.45) is 1.62. The lowest BCUT2D eigenvalue weighted by molar-refractivity contribution is 0.491. The molecule has 6 aromatic rings. The van der Waals surface area contributed by atoms with Gasteiger partial charge in [0.2, 0.25) is 15.8 Å². The smallest absolute Gasteiger partial charge is 0.260 e. The van der Waals surface area contributed by atoms with Crippen molar-refractivity contribution in [3.05, 3.63) is 123 Å². The number of anilines is 3. The van der Waals surface area contributed by atoms with E-state index in [4.69, 9.17) is 4.98 Å². The molecule has 7 rings (SSSR count). The van der Waals surface area contributed by atoms with Gasteiger partial charge in [-0.05, 0) is 84.8 Å². The SMILES string of the molecule is Cc1ccccc1Cn1c(=O)c(-c2cccc(S(=O)(=O)c3cccs3)c2C)cc2cnc(Nc3ccc(N4CCNCC4C)c(F)c3)nc21. The average molecular weight is 695 g/mol. The molecule has 4 heterocycles. The highest BCUT2D eigenvalue weighted by molar-refractivity contribution is 7.93. The van der Waals surface area contributed by atoms with Crippen molar-refractivity contribution in [3.8, 4) is 11.1 Å². The molecule has 1 aliphatic rings. The quantitative estimate of drug-likeness (QED) is 0.181. The third-order valence-electron chi connectivity index (χ3n) is 9.05. The molecule has 0 saturated carbocycles. The van der Waals surface area contributed by atoms with E-state index in [2.05, 4.69) is 27.4 Å².